The Kier molecular flexibility index (Phi) is 5.64. The number of amides is 2. The van der Waals surface area contributed by atoms with Crippen LogP contribution in [0.25, 0.3) is 0 Å². The molecule has 5 aliphatic rings. The Labute approximate surface area is 200 Å². The first-order valence-electron chi connectivity index (χ1n) is 12.1. The van der Waals surface area contributed by atoms with Crippen molar-refractivity contribution < 1.29 is 14.0 Å². The third-order valence-corrected chi connectivity index (χ3v) is 9.27. The van der Waals surface area contributed by atoms with Crippen LogP contribution >= 0.6 is 11.6 Å². The standard InChI is InChI=1S/C25H34ClFN4O2/c1-24(2,31-7-5-30(6-8-31)20-4-3-18(27)11-19(20)26)23(33)29-21-16-9-15-10-17(21)14-25(12-15,13-16)22(28)32/h3-4,11,15-17,21H,5-10,12-14H2,1-2H3,(H2,28,32)(H,29,33). The van der Waals surface area contributed by atoms with Crippen LogP contribution in [0.15, 0.2) is 18.2 Å². The zero-order valence-electron chi connectivity index (χ0n) is 19.4. The topological polar surface area (TPSA) is 78.7 Å². The Morgan fingerprint density at radius 3 is 2.33 bits per heavy atom. The molecule has 1 aliphatic heterocycles. The van der Waals surface area contributed by atoms with E-state index in [-0.39, 0.29) is 29.1 Å². The highest BCUT2D eigenvalue weighted by atomic mass is 35.5. The molecule has 0 spiro atoms. The second-order valence-electron chi connectivity index (χ2n) is 11.2. The first kappa shape index (κ1) is 22.9. The van der Waals surface area contributed by atoms with Crippen LogP contribution < -0.4 is 16.0 Å². The van der Waals surface area contributed by atoms with Crippen molar-refractivity contribution in [1.29, 1.82) is 0 Å². The van der Waals surface area contributed by atoms with Crippen LogP contribution in [0.5, 0.6) is 0 Å². The van der Waals surface area contributed by atoms with E-state index in [2.05, 4.69) is 15.1 Å². The van der Waals surface area contributed by atoms with Crippen molar-refractivity contribution in [2.45, 2.75) is 57.5 Å². The van der Waals surface area contributed by atoms with Gasteiger partial charge < -0.3 is 16.0 Å². The van der Waals surface area contributed by atoms with Gasteiger partial charge in [-0.3, -0.25) is 14.5 Å². The molecule has 8 heteroatoms. The van der Waals surface area contributed by atoms with Gasteiger partial charge in [0.15, 0.2) is 0 Å². The van der Waals surface area contributed by atoms with E-state index >= 15 is 0 Å². The van der Waals surface area contributed by atoms with E-state index < -0.39 is 5.54 Å². The van der Waals surface area contributed by atoms with Gasteiger partial charge in [-0.25, -0.2) is 4.39 Å². The van der Waals surface area contributed by atoms with Gasteiger partial charge in [0.25, 0.3) is 0 Å². The Balaban J connectivity index is 1.22. The molecule has 2 atom stereocenters. The number of hydrogen-bond donors (Lipinski definition) is 2. The highest BCUT2D eigenvalue weighted by Crippen LogP contribution is 2.60. The molecule has 2 amide bonds. The molecule has 4 saturated carbocycles. The third-order valence-electron chi connectivity index (χ3n) is 8.97. The monoisotopic (exact) mass is 476 g/mol. The summed E-state index contributed by atoms with van der Waals surface area (Å²) < 4.78 is 13.4. The molecule has 4 aliphatic carbocycles. The van der Waals surface area contributed by atoms with Gasteiger partial charge >= 0.3 is 0 Å². The molecule has 0 radical (unpaired) electrons. The predicted molar refractivity (Wildman–Crippen MR) is 126 cm³/mol. The van der Waals surface area contributed by atoms with Crippen LogP contribution in [-0.2, 0) is 9.59 Å². The quantitative estimate of drug-likeness (QED) is 0.684. The van der Waals surface area contributed by atoms with Crippen LogP contribution in [0.2, 0.25) is 5.02 Å². The fourth-order valence-corrected chi connectivity index (χ4v) is 7.56. The van der Waals surface area contributed by atoms with Gasteiger partial charge in [0, 0.05) is 37.6 Å². The van der Waals surface area contributed by atoms with Crippen LogP contribution in [0.1, 0.15) is 46.0 Å². The molecule has 180 valence electrons. The highest BCUT2D eigenvalue weighted by molar-refractivity contribution is 6.33. The minimum absolute atomic E-state index is 0.0568. The Morgan fingerprint density at radius 1 is 1.12 bits per heavy atom. The van der Waals surface area contributed by atoms with E-state index in [1.165, 1.54) is 12.1 Å². The molecule has 1 heterocycles. The normalized spacial score (nSPS) is 33.9. The SMILES string of the molecule is CC(C)(C(=O)NC1C2CC3CC1CC(C(N)=O)(C3)C2)N1CCN(c2ccc(F)cc2Cl)CC1. The summed E-state index contributed by atoms with van der Waals surface area (Å²) >= 11 is 6.25. The zero-order valence-corrected chi connectivity index (χ0v) is 20.2. The van der Waals surface area contributed by atoms with E-state index in [0.29, 0.717) is 22.8 Å². The van der Waals surface area contributed by atoms with E-state index in [9.17, 15) is 14.0 Å². The van der Waals surface area contributed by atoms with Gasteiger partial charge in [-0.1, -0.05) is 11.6 Å². The Hall–Kier alpha value is -1.86. The molecule has 3 N–H and O–H groups in total. The average Bonchev–Trinajstić information content (AvgIpc) is 2.75. The maximum Gasteiger partial charge on any atom is 0.240 e. The third kappa shape index (κ3) is 3.91. The maximum absolute atomic E-state index is 13.5. The fraction of sp³-hybridized carbons (Fsp3) is 0.680. The Morgan fingerprint density at radius 2 is 1.76 bits per heavy atom. The van der Waals surface area contributed by atoms with Gasteiger partial charge in [0.2, 0.25) is 11.8 Å². The van der Waals surface area contributed by atoms with Crippen molar-refractivity contribution in [3.63, 3.8) is 0 Å². The van der Waals surface area contributed by atoms with Crippen LogP contribution in [0.4, 0.5) is 10.1 Å². The zero-order chi connectivity index (χ0) is 23.5. The summed E-state index contributed by atoms with van der Waals surface area (Å²) in [6.45, 7) is 6.86. The fourth-order valence-electron chi connectivity index (χ4n) is 7.28. The molecule has 5 fully saturated rings. The van der Waals surface area contributed by atoms with Crippen molar-refractivity contribution in [3.05, 3.63) is 29.0 Å². The van der Waals surface area contributed by atoms with E-state index in [1.807, 2.05) is 13.8 Å². The largest absolute Gasteiger partial charge is 0.369 e. The molecular formula is C25H34ClFN4O2. The molecule has 1 aromatic carbocycles. The molecule has 6 nitrogen and oxygen atoms in total. The van der Waals surface area contributed by atoms with Gasteiger partial charge in [0.1, 0.15) is 5.82 Å². The molecule has 0 aromatic heterocycles. The van der Waals surface area contributed by atoms with E-state index in [0.717, 1.165) is 64.0 Å². The first-order chi connectivity index (χ1) is 15.6. The average molecular weight is 477 g/mol. The van der Waals surface area contributed by atoms with E-state index in [1.54, 1.807) is 6.07 Å². The summed E-state index contributed by atoms with van der Waals surface area (Å²) in [5.74, 6) is 0.837. The number of nitrogens with zero attached hydrogens (tertiary/aromatic N) is 2. The smallest absolute Gasteiger partial charge is 0.240 e. The number of hydrogen-bond acceptors (Lipinski definition) is 4. The molecule has 4 bridgehead atoms. The van der Waals surface area contributed by atoms with Gasteiger partial charge in [-0.15, -0.1) is 0 Å². The second kappa shape index (κ2) is 8.12. The first-order valence-corrected chi connectivity index (χ1v) is 12.5. The maximum atomic E-state index is 13.5. The number of rotatable bonds is 5. The summed E-state index contributed by atoms with van der Waals surface area (Å²) in [6, 6.07) is 4.63. The molecule has 1 aromatic rings. The lowest BCUT2D eigenvalue weighted by atomic mass is 9.47. The van der Waals surface area contributed by atoms with Crippen molar-refractivity contribution in [3.8, 4) is 0 Å². The van der Waals surface area contributed by atoms with Crippen molar-refractivity contribution in [2.75, 3.05) is 31.1 Å². The molecule has 33 heavy (non-hydrogen) atoms. The van der Waals surface area contributed by atoms with Crippen LogP contribution in [0, 0.1) is 29.0 Å². The molecule has 1 saturated heterocycles. The lowest BCUT2D eigenvalue weighted by Crippen LogP contribution is -2.66. The highest BCUT2D eigenvalue weighted by Gasteiger charge is 2.58. The Bertz CT molecular complexity index is 946. The van der Waals surface area contributed by atoms with Gasteiger partial charge in [-0.2, -0.15) is 0 Å². The van der Waals surface area contributed by atoms with Gasteiger partial charge in [-0.05, 0) is 81.9 Å². The summed E-state index contributed by atoms with van der Waals surface area (Å²) in [6.07, 6.45) is 4.75. The number of carbonyl (C=O) groups is 2. The predicted octanol–water partition coefficient (Wildman–Crippen LogP) is 3.18. The van der Waals surface area contributed by atoms with E-state index in [4.69, 9.17) is 17.3 Å². The van der Waals surface area contributed by atoms with Gasteiger partial charge in [0.05, 0.1) is 16.2 Å². The minimum Gasteiger partial charge on any atom is -0.369 e. The van der Waals surface area contributed by atoms with Crippen molar-refractivity contribution in [1.82, 2.24) is 10.2 Å². The number of nitrogens with two attached hydrogens (primary N) is 1. The molecule has 6 rings (SSSR count). The molecule has 2 unspecified atom stereocenters. The summed E-state index contributed by atoms with van der Waals surface area (Å²) in [4.78, 5) is 30.1. The van der Waals surface area contributed by atoms with Crippen LogP contribution in [0.3, 0.4) is 0 Å². The van der Waals surface area contributed by atoms with Crippen molar-refractivity contribution >= 4 is 29.1 Å². The number of piperazine rings is 1. The summed E-state index contributed by atoms with van der Waals surface area (Å²) in [5.41, 5.74) is 5.66. The summed E-state index contributed by atoms with van der Waals surface area (Å²) in [5, 5.41) is 3.82. The lowest BCUT2D eigenvalue weighted by molar-refractivity contribution is -0.149. The lowest BCUT2D eigenvalue weighted by Gasteiger charge is -2.59. The number of benzene rings is 1. The number of nitrogens with one attached hydrogen (secondary N) is 1. The van der Waals surface area contributed by atoms with Crippen LogP contribution in [-0.4, -0.2) is 54.5 Å². The number of carbonyl (C=O) groups excluding carboxylic acids is 2. The summed E-state index contributed by atoms with van der Waals surface area (Å²) in [7, 11) is 0. The number of anilines is 1. The number of halogens is 2. The van der Waals surface area contributed by atoms with Crippen molar-refractivity contribution in [2.24, 2.45) is 28.9 Å². The minimum atomic E-state index is -0.644. The second-order valence-corrected chi connectivity index (χ2v) is 11.6. The number of primary amides is 1. The molecular weight excluding hydrogens is 443 g/mol.